The van der Waals surface area contributed by atoms with Gasteiger partial charge in [0.1, 0.15) is 0 Å². The van der Waals surface area contributed by atoms with E-state index in [1.54, 1.807) is 0 Å². The quantitative estimate of drug-likeness (QED) is 0.179. The van der Waals surface area contributed by atoms with Gasteiger partial charge in [0.2, 0.25) is 0 Å². The van der Waals surface area contributed by atoms with Crippen molar-refractivity contribution in [1.29, 1.82) is 0 Å². The monoisotopic (exact) mass is 682 g/mol. The smallest absolute Gasteiger partial charge is 0.0596 e. The summed E-state index contributed by atoms with van der Waals surface area (Å²) < 4.78 is 5.29. The van der Waals surface area contributed by atoms with E-state index in [4.69, 9.17) is 0 Å². The molecule has 0 saturated heterocycles. The van der Waals surface area contributed by atoms with E-state index < -0.39 is 0 Å². The fraction of sp³-hybridized carbons (Fsp3) is 0.0612. The van der Waals surface area contributed by atoms with Gasteiger partial charge in [0.25, 0.3) is 0 Å². The molecule has 0 N–H and O–H groups in total. The molecule has 2 aromatic heterocycles. The average molecular weight is 683 g/mol. The Hall–Kier alpha value is -6.16. The molecule has 0 spiro atoms. The molecule has 52 heavy (non-hydrogen) atoms. The first kappa shape index (κ1) is 29.6. The van der Waals surface area contributed by atoms with Gasteiger partial charge < -0.3 is 9.47 Å². The van der Waals surface area contributed by atoms with Crippen LogP contribution in [0.25, 0.3) is 69.6 Å². The van der Waals surface area contributed by atoms with Gasteiger partial charge in [0, 0.05) is 53.4 Å². The molecule has 0 unspecified atom stereocenters. The SMILES string of the molecule is CC1(C)c2ccc(-c3ccc(N(c4ccccc4)c4ccc5ccccc5c4)cc3)cc2-n2c3ccccc3c3c4sc5ccccc5c4cc1c32. The highest BCUT2D eigenvalue weighted by Crippen LogP contribution is 2.52. The minimum Gasteiger partial charge on any atom is -0.310 e. The average Bonchev–Trinajstić information content (AvgIpc) is 3.74. The summed E-state index contributed by atoms with van der Waals surface area (Å²) in [6.07, 6.45) is 0. The fourth-order valence-electron chi connectivity index (χ4n) is 8.77. The third-order valence-corrected chi connectivity index (χ3v) is 12.5. The topological polar surface area (TPSA) is 8.17 Å². The maximum Gasteiger partial charge on any atom is 0.0596 e. The minimum atomic E-state index is -0.173. The van der Waals surface area contributed by atoms with E-state index in [0.717, 1.165) is 17.1 Å². The second-order valence-corrected chi connectivity index (χ2v) is 15.6. The molecule has 1 aliphatic heterocycles. The Balaban J connectivity index is 1.08. The number of benzene rings is 8. The first-order valence-corrected chi connectivity index (χ1v) is 18.8. The lowest BCUT2D eigenvalue weighted by Gasteiger charge is -2.35. The number of thiophene rings is 1. The first-order valence-electron chi connectivity index (χ1n) is 18.0. The van der Waals surface area contributed by atoms with Crippen LogP contribution in [0.1, 0.15) is 25.0 Å². The largest absolute Gasteiger partial charge is 0.310 e. The zero-order chi connectivity index (χ0) is 34.6. The Morgan fingerprint density at radius 1 is 0.500 bits per heavy atom. The van der Waals surface area contributed by atoms with Crippen molar-refractivity contribution in [3.63, 3.8) is 0 Å². The molecule has 0 fully saturated rings. The van der Waals surface area contributed by atoms with Crippen LogP contribution in [-0.4, -0.2) is 4.57 Å². The van der Waals surface area contributed by atoms with Gasteiger partial charge in [0.15, 0.2) is 0 Å². The Morgan fingerprint density at radius 3 is 2.02 bits per heavy atom. The molecule has 10 aromatic rings. The molecule has 0 amide bonds. The highest BCUT2D eigenvalue weighted by molar-refractivity contribution is 7.26. The number of para-hydroxylation sites is 2. The Bertz CT molecular complexity index is 3040. The number of hydrogen-bond acceptors (Lipinski definition) is 2. The van der Waals surface area contributed by atoms with Gasteiger partial charge in [-0.15, -0.1) is 11.3 Å². The van der Waals surface area contributed by atoms with Crippen molar-refractivity contribution < 1.29 is 0 Å². The molecule has 3 heteroatoms. The minimum absolute atomic E-state index is 0.173. The van der Waals surface area contributed by atoms with Crippen LogP contribution < -0.4 is 4.90 Å². The molecule has 246 valence electrons. The van der Waals surface area contributed by atoms with Crippen LogP contribution in [0.5, 0.6) is 0 Å². The molecule has 0 bridgehead atoms. The van der Waals surface area contributed by atoms with Gasteiger partial charge in [0.05, 0.1) is 16.7 Å². The third-order valence-electron chi connectivity index (χ3n) is 11.3. The van der Waals surface area contributed by atoms with E-state index in [0.29, 0.717) is 0 Å². The van der Waals surface area contributed by atoms with Crippen LogP contribution in [0.3, 0.4) is 0 Å². The van der Waals surface area contributed by atoms with Crippen LogP contribution in [0.15, 0.2) is 170 Å². The van der Waals surface area contributed by atoms with Crippen molar-refractivity contribution in [2.45, 2.75) is 19.3 Å². The van der Waals surface area contributed by atoms with Crippen molar-refractivity contribution in [2.24, 2.45) is 0 Å². The molecule has 11 rings (SSSR count). The van der Waals surface area contributed by atoms with Gasteiger partial charge >= 0.3 is 0 Å². The third kappa shape index (κ3) is 4.17. The summed E-state index contributed by atoms with van der Waals surface area (Å²) in [7, 11) is 0. The second-order valence-electron chi connectivity index (χ2n) is 14.6. The van der Waals surface area contributed by atoms with E-state index in [2.05, 4.69) is 193 Å². The molecule has 0 radical (unpaired) electrons. The molecule has 0 saturated carbocycles. The summed E-state index contributed by atoms with van der Waals surface area (Å²) in [6, 6.07) is 62.5. The predicted molar refractivity (Wildman–Crippen MR) is 223 cm³/mol. The summed E-state index contributed by atoms with van der Waals surface area (Å²) in [5.41, 5.74) is 12.3. The first-order chi connectivity index (χ1) is 25.5. The number of fused-ring (bicyclic) bond motifs is 10. The van der Waals surface area contributed by atoms with Gasteiger partial charge in [-0.3, -0.25) is 0 Å². The fourth-order valence-corrected chi connectivity index (χ4v) is 10.0. The van der Waals surface area contributed by atoms with E-state index in [-0.39, 0.29) is 5.41 Å². The van der Waals surface area contributed by atoms with E-state index >= 15 is 0 Å². The zero-order valence-corrected chi connectivity index (χ0v) is 29.8. The van der Waals surface area contributed by atoms with Gasteiger partial charge in [-0.1, -0.05) is 123 Å². The molecule has 1 aliphatic rings. The highest BCUT2D eigenvalue weighted by atomic mass is 32.1. The molecule has 0 atom stereocenters. The lowest BCUT2D eigenvalue weighted by Crippen LogP contribution is -2.26. The Morgan fingerprint density at radius 2 is 1.17 bits per heavy atom. The van der Waals surface area contributed by atoms with Crippen molar-refractivity contribution in [1.82, 2.24) is 4.57 Å². The summed E-state index contributed by atoms with van der Waals surface area (Å²) >= 11 is 1.93. The normalized spacial score (nSPS) is 13.3. The molecular weight excluding hydrogens is 649 g/mol. The lowest BCUT2D eigenvalue weighted by atomic mass is 9.74. The maximum absolute atomic E-state index is 2.55. The van der Waals surface area contributed by atoms with Crippen molar-refractivity contribution in [3.8, 4) is 16.8 Å². The maximum atomic E-state index is 2.55. The van der Waals surface area contributed by atoms with Gasteiger partial charge in [-0.2, -0.15) is 0 Å². The van der Waals surface area contributed by atoms with Gasteiger partial charge in [-0.25, -0.2) is 0 Å². The zero-order valence-electron chi connectivity index (χ0n) is 29.0. The summed E-state index contributed by atoms with van der Waals surface area (Å²) in [6.45, 7) is 4.81. The van der Waals surface area contributed by atoms with E-state index in [1.165, 1.54) is 80.7 Å². The second kappa shape index (κ2) is 10.9. The van der Waals surface area contributed by atoms with Crippen LogP contribution in [0.4, 0.5) is 17.1 Å². The number of aromatic nitrogens is 1. The lowest BCUT2D eigenvalue weighted by molar-refractivity contribution is 0.631. The highest BCUT2D eigenvalue weighted by Gasteiger charge is 2.36. The van der Waals surface area contributed by atoms with E-state index in [9.17, 15) is 0 Å². The molecule has 3 heterocycles. The number of hydrogen-bond donors (Lipinski definition) is 0. The molecule has 2 nitrogen and oxygen atoms in total. The van der Waals surface area contributed by atoms with Crippen LogP contribution in [-0.2, 0) is 5.41 Å². The van der Waals surface area contributed by atoms with Crippen molar-refractivity contribution in [2.75, 3.05) is 4.90 Å². The number of nitrogens with zero attached hydrogens (tertiary/aromatic N) is 2. The van der Waals surface area contributed by atoms with E-state index in [1.807, 2.05) is 11.3 Å². The van der Waals surface area contributed by atoms with Crippen LogP contribution in [0, 0.1) is 0 Å². The van der Waals surface area contributed by atoms with Crippen LogP contribution in [0.2, 0.25) is 0 Å². The summed E-state index contributed by atoms with van der Waals surface area (Å²) in [5.74, 6) is 0. The van der Waals surface area contributed by atoms with Crippen LogP contribution >= 0.6 is 11.3 Å². The molecule has 8 aromatic carbocycles. The van der Waals surface area contributed by atoms with Crippen molar-refractivity contribution in [3.05, 3.63) is 181 Å². The Labute approximate surface area is 306 Å². The standard InChI is InChI=1S/C49H34N2S/c1-49(2)41-27-23-34(32-20-24-36(25-21-32)50(35-14-4-3-5-15-35)37-26-22-31-12-6-7-13-33(31)28-37)29-44(41)51-43-18-10-8-17-39(43)46-47(51)42(49)30-40-38-16-9-11-19-45(38)52-48(40)46/h3-30H,1-2H3. The summed E-state index contributed by atoms with van der Waals surface area (Å²) in [4.78, 5) is 2.35. The molecular formula is C49H34N2S. The number of rotatable bonds is 4. The molecule has 0 aliphatic carbocycles. The van der Waals surface area contributed by atoms with Gasteiger partial charge in [-0.05, 0) is 93.7 Å². The Kier molecular flexibility index (Phi) is 6.21. The van der Waals surface area contributed by atoms with Crippen molar-refractivity contribution >= 4 is 81.1 Å². The number of anilines is 3. The summed E-state index contributed by atoms with van der Waals surface area (Å²) in [5, 5.41) is 7.90. The predicted octanol–water partition coefficient (Wildman–Crippen LogP) is 14.1.